The lowest BCUT2D eigenvalue weighted by Gasteiger charge is -2.28. The molecule has 8 heteroatoms. The van der Waals surface area contributed by atoms with Crippen LogP contribution in [0.3, 0.4) is 0 Å². The second-order valence-corrected chi connectivity index (χ2v) is 8.92. The number of amides is 3. The van der Waals surface area contributed by atoms with Gasteiger partial charge in [-0.1, -0.05) is 22.0 Å². The van der Waals surface area contributed by atoms with Crippen LogP contribution in [0.2, 0.25) is 0 Å². The molecule has 1 atom stereocenters. The maximum atomic E-state index is 13.2. The van der Waals surface area contributed by atoms with E-state index in [-0.39, 0.29) is 30.1 Å². The lowest BCUT2D eigenvalue weighted by Crippen LogP contribution is -2.47. The molecule has 4 rings (SSSR count). The first kappa shape index (κ1) is 22.3. The van der Waals surface area contributed by atoms with Gasteiger partial charge in [-0.15, -0.1) is 0 Å². The molecule has 2 aromatic carbocycles. The van der Waals surface area contributed by atoms with Crippen LogP contribution >= 0.6 is 15.9 Å². The van der Waals surface area contributed by atoms with Gasteiger partial charge in [0.2, 0.25) is 11.8 Å². The third kappa shape index (κ3) is 4.50. The van der Waals surface area contributed by atoms with Gasteiger partial charge in [-0.25, -0.2) is 4.90 Å². The Hall–Kier alpha value is -2.87. The summed E-state index contributed by atoms with van der Waals surface area (Å²) in [6, 6.07) is 11.8. The van der Waals surface area contributed by atoms with Crippen LogP contribution in [-0.2, 0) is 20.8 Å². The molecule has 1 unspecified atom stereocenters. The average molecular weight is 501 g/mol. The Kier molecular flexibility index (Phi) is 6.50. The zero-order valence-electron chi connectivity index (χ0n) is 18.0. The van der Waals surface area contributed by atoms with Gasteiger partial charge in [0.05, 0.1) is 26.3 Å². The summed E-state index contributed by atoms with van der Waals surface area (Å²) in [4.78, 5) is 41.9. The van der Waals surface area contributed by atoms with Crippen LogP contribution in [0.4, 0.5) is 5.69 Å². The van der Waals surface area contributed by atoms with Crippen molar-refractivity contribution in [2.75, 3.05) is 25.7 Å². The summed E-state index contributed by atoms with van der Waals surface area (Å²) >= 11 is 3.37. The molecule has 0 aromatic heterocycles. The summed E-state index contributed by atoms with van der Waals surface area (Å²) in [7, 11) is 3.15. The number of carbonyl (C=O) groups excluding carboxylic acids is 3. The van der Waals surface area contributed by atoms with E-state index in [1.165, 1.54) is 4.90 Å². The number of imide groups is 1. The molecule has 0 N–H and O–H groups in total. The number of methoxy groups -OCH3 is 2. The molecule has 2 aliphatic rings. The first-order valence-electron chi connectivity index (χ1n) is 10.6. The molecular formula is C24H25BrN2O5. The Morgan fingerprint density at radius 2 is 1.75 bits per heavy atom. The number of hydrogen-bond acceptors (Lipinski definition) is 5. The molecule has 7 nitrogen and oxygen atoms in total. The van der Waals surface area contributed by atoms with Crippen LogP contribution < -0.4 is 14.4 Å². The van der Waals surface area contributed by atoms with Crippen LogP contribution in [0, 0.1) is 5.92 Å². The highest BCUT2D eigenvalue weighted by atomic mass is 79.9. The number of hydrogen-bond donors (Lipinski definition) is 0. The third-order valence-electron chi connectivity index (χ3n) is 5.88. The van der Waals surface area contributed by atoms with Gasteiger partial charge in [0.25, 0.3) is 5.91 Å². The van der Waals surface area contributed by atoms with E-state index < -0.39 is 6.04 Å². The number of ether oxygens (including phenoxy) is 2. The van der Waals surface area contributed by atoms with Crippen LogP contribution in [0.5, 0.6) is 11.5 Å². The van der Waals surface area contributed by atoms with Crippen LogP contribution in [0.15, 0.2) is 46.9 Å². The lowest BCUT2D eigenvalue weighted by atomic mass is 10.1. The second kappa shape index (κ2) is 9.32. The Labute approximate surface area is 195 Å². The van der Waals surface area contributed by atoms with Crippen molar-refractivity contribution in [2.24, 2.45) is 5.92 Å². The van der Waals surface area contributed by atoms with E-state index in [4.69, 9.17) is 9.47 Å². The number of nitrogens with zero attached hydrogens (tertiary/aromatic N) is 2. The predicted molar refractivity (Wildman–Crippen MR) is 123 cm³/mol. The van der Waals surface area contributed by atoms with Gasteiger partial charge in [-0.05, 0) is 61.2 Å². The fourth-order valence-electron chi connectivity index (χ4n) is 3.99. The van der Waals surface area contributed by atoms with Crippen molar-refractivity contribution < 1.29 is 23.9 Å². The maximum absolute atomic E-state index is 13.2. The first-order chi connectivity index (χ1) is 15.4. The highest BCUT2D eigenvalue weighted by Gasteiger charge is 2.46. The molecule has 32 heavy (non-hydrogen) atoms. The van der Waals surface area contributed by atoms with Crippen molar-refractivity contribution in [1.82, 2.24) is 4.90 Å². The molecule has 2 fully saturated rings. The van der Waals surface area contributed by atoms with E-state index in [1.54, 1.807) is 43.4 Å². The monoisotopic (exact) mass is 500 g/mol. The highest BCUT2D eigenvalue weighted by molar-refractivity contribution is 9.10. The van der Waals surface area contributed by atoms with Gasteiger partial charge in [-0.2, -0.15) is 0 Å². The highest BCUT2D eigenvalue weighted by Crippen LogP contribution is 2.35. The van der Waals surface area contributed by atoms with E-state index >= 15 is 0 Å². The molecule has 3 amide bonds. The topological polar surface area (TPSA) is 76.2 Å². The lowest BCUT2D eigenvalue weighted by molar-refractivity contribution is -0.139. The van der Waals surface area contributed by atoms with Crippen molar-refractivity contribution in [2.45, 2.75) is 31.7 Å². The first-order valence-corrected chi connectivity index (χ1v) is 11.4. The second-order valence-electron chi connectivity index (χ2n) is 8.01. The maximum Gasteiger partial charge on any atom is 0.257 e. The number of carbonyl (C=O) groups is 3. The van der Waals surface area contributed by atoms with Crippen LogP contribution in [0.1, 0.15) is 24.8 Å². The molecule has 0 spiro atoms. The van der Waals surface area contributed by atoms with Gasteiger partial charge in [0.15, 0.2) is 11.5 Å². The Morgan fingerprint density at radius 3 is 2.38 bits per heavy atom. The summed E-state index contributed by atoms with van der Waals surface area (Å²) in [6.07, 6.45) is 2.20. The van der Waals surface area contributed by atoms with Crippen LogP contribution in [-0.4, -0.2) is 49.4 Å². The fourth-order valence-corrected chi connectivity index (χ4v) is 4.26. The Morgan fingerprint density at radius 1 is 1.06 bits per heavy atom. The summed E-state index contributed by atoms with van der Waals surface area (Å²) in [5.74, 6) is 0.502. The Bertz CT molecular complexity index is 1040. The van der Waals surface area contributed by atoms with E-state index in [9.17, 15) is 14.4 Å². The number of benzene rings is 2. The SMILES string of the molecule is COc1ccc(CCN(C(=O)C2CC2)C2CC(=O)N(c3ccc(Br)cc3)C2=O)cc1OC. The standard InChI is InChI=1S/C24H25BrN2O5/c1-31-20-10-3-15(13-21(20)32-2)11-12-26(23(29)16-4-5-16)19-14-22(28)27(24(19)30)18-8-6-17(25)7-9-18/h3,6-10,13,16,19H,4-5,11-12,14H2,1-2H3. The van der Waals surface area contributed by atoms with Crippen molar-refractivity contribution in [1.29, 1.82) is 0 Å². The normalized spacial score (nSPS) is 18.1. The molecule has 0 bridgehead atoms. The molecule has 0 radical (unpaired) electrons. The minimum absolute atomic E-state index is 0.000703. The summed E-state index contributed by atoms with van der Waals surface area (Å²) in [6.45, 7) is 0.350. The molecule has 1 aliphatic carbocycles. The zero-order chi connectivity index (χ0) is 22.8. The summed E-state index contributed by atoms with van der Waals surface area (Å²) in [5, 5.41) is 0. The molecule has 168 valence electrons. The molecule has 1 saturated carbocycles. The van der Waals surface area contributed by atoms with E-state index in [0.717, 1.165) is 22.9 Å². The molecule has 1 saturated heterocycles. The average Bonchev–Trinajstić information content (AvgIpc) is 3.60. The Balaban J connectivity index is 1.54. The minimum atomic E-state index is -0.778. The van der Waals surface area contributed by atoms with Gasteiger partial charge in [0.1, 0.15) is 6.04 Å². The van der Waals surface area contributed by atoms with Gasteiger partial charge >= 0.3 is 0 Å². The summed E-state index contributed by atoms with van der Waals surface area (Å²) in [5.41, 5.74) is 1.47. The van der Waals surface area contributed by atoms with Crippen LogP contribution in [0.25, 0.3) is 0 Å². The number of anilines is 1. The smallest absolute Gasteiger partial charge is 0.257 e. The molecule has 2 aromatic rings. The van der Waals surface area contributed by atoms with Gasteiger partial charge < -0.3 is 14.4 Å². The molecule has 1 heterocycles. The van der Waals surface area contributed by atoms with Crippen molar-refractivity contribution in [3.63, 3.8) is 0 Å². The molecular weight excluding hydrogens is 476 g/mol. The van der Waals surface area contributed by atoms with Gasteiger partial charge in [-0.3, -0.25) is 14.4 Å². The number of halogens is 1. The zero-order valence-corrected chi connectivity index (χ0v) is 19.6. The fraction of sp³-hybridized carbons (Fsp3) is 0.375. The number of rotatable bonds is 8. The predicted octanol–water partition coefficient (Wildman–Crippen LogP) is 3.58. The van der Waals surface area contributed by atoms with E-state index in [1.807, 2.05) is 18.2 Å². The van der Waals surface area contributed by atoms with E-state index in [2.05, 4.69) is 15.9 Å². The minimum Gasteiger partial charge on any atom is -0.493 e. The largest absolute Gasteiger partial charge is 0.493 e. The quantitative estimate of drug-likeness (QED) is 0.517. The molecule has 1 aliphatic heterocycles. The third-order valence-corrected chi connectivity index (χ3v) is 6.41. The van der Waals surface area contributed by atoms with Gasteiger partial charge in [0, 0.05) is 16.9 Å². The van der Waals surface area contributed by atoms with Crippen molar-refractivity contribution in [3.8, 4) is 11.5 Å². The summed E-state index contributed by atoms with van der Waals surface area (Å²) < 4.78 is 11.5. The van der Waals surface area contributed by atoms with Crippen molar-refractivity contribution in [3.05, 3.63) is 52.5 Å². The van der Waals surface area contributed by atoms with Crippen molar-refractivity contribution >= 4 is 39.3 Å². The van der Waals surface area contributed by atoms with E-state index in [0.29, 0.717) is 30.2 Å².